The highest BCUT2D eigenvalue weighted by molar-refractivity contribution is 5.74. The van der Waals surface area contributed by atoms with Gasteiger partial charge in [-0.05, 0) is 0 Å². The predicted octanol–water partition coefficient (Wildman–Crippen LogP) is -2.59. The quantitative estimate of drug-likeness (QED) is 0.306. The van der Waals surface area contributed by atoms with Gasteiger partial charge in [0.25, 0.3) is 5.92 Å². The third kappa shape index (κ3) is 4.54. The number of ether oxygens (including phenoxy) is 1. The Morgan fingerprint density at radius 2 is 1.91 bits per heavy atom. The van der Waals surface area contributed by atoms with E-state index >= 15 is 0 Å². The Morgan fingerprint density at radius 3 is 2.35 bits per heavy atom. The van der Waals surface area contributed by atoms with Crippen molar-refractivity contribution >= 4 is 11.9 Å². The van der Waals surface area contributed by atoms with Crippen molar-refractivity contribution < 1.29 is 43.5 Å². The maximum Gasteiger partial charge on any atom is 0.320 e. The van der Waals surface area contributed by atoms with Crippen LogP contribution >= 0.6 is 0 Å². The van der Waals surface area contributed by atoms with Gasteiger partial charge in [0.1, 0.15) is 30.5 Å². The van der Waals surface area contributed by atoms with E-state index in [4.69, 9.17) is 20.7 Å². The number of aliphatic hydroxyl groups is 3. The van der Waals surface area contributed by atoms with E-state index in [1.807, 2.05) is 5.32 Å². The Balaban J connectivity index is 3.08. The Kier molecular flexibility index (Phi) is 6.36. The molecular weight excluding hydrogens is 322 g/mol. The summed E-state index contributed by atoms with van der Waals surface area (Å²) in [7, 11) is 0. The van der Waals surface area contributed by atoms with Crippen molar-refractivity contribution in [1.29, 1.82) is 0 Å². The lowest BCUT2D eigenvalue weighted by Crippen LogP contribution is -2.68. The summed E-state index contributed by atoms with van der Waals surface area (Å²) in [5, 5.41) is 39.4. The summed E-state index contributed by atoms with van der Waals surface area (Å²) in [5.41, 5.74) is 5.10. The van der Waals surface area contributed by atoms with Crippen molar-refractivity contribution in [2.75, 3.05) is 6.61 Å². The number of nitrogens with two attached hydrogens (primary N) is 1. The zero-order chi connectivity index (χ0) is 17.9. The van der Waals surface area contributed by atoms with Gasteiger partial charge in [0, 0.05) is 13.3 Å². The number of carbonyl (C=O) groups excluding carboxylic acids is 1. The van der Waals surface area contributed by atoms with Crippen LogP contribution < -0.4 is 11.1 Å². The molecule has 11 heteroatoms. The van der Waals surface area contributed by atoms with Crippen LogP contribution in [0.3, 0.4) is 0 Å². The van der Waals surface area contributed by atoms with Gasteiger partial charge in [-0.15, -0.1) is 0 Å². The molecule has 9 nitrogen and oxygen atoms in total. The van der Waals surface area contributed by atoms with E-state index in [2.05, 4.69) is 0 Å². The molecule has 1 fully saturated rings. The molecule has 1 heterocycles. The van der Waals surface area contributed by atoms with Gasteiger partial charge in [-0.2, -0.15) is 0 Å². The minimum Gasteiger partial charge on any atom is -0.480 e. The zero-order valence-corrected chi connectivity index (χ0v) is 12.2. The predicted molar refractivity (Wildman–Crippen MR) is 70.5 cm³/mol. The van der Waals surface area contributed by atoms with E-state index in [0.29, 0.717) is 0 Å². The monoisotopic (exact) mass is 342 g/mol. The highest BCUT2D eigenvalue weighted by Gasteiger charge is 2.55. The van der Waals surface area contributed by atoms with E-state index in [1.54, 1.807) is 0 Å². The molecule has 0 bridgehead atoms. The molecule has 0 saturated carbocycles. The van der Waals surface area contributed by atoms with Crippen molar-refractivity contribution in [3.63, 3.8) is 0 Å². The first-order chi connectivity index (χ1) is 10.5. The van der Waals surface area contributed by atoms with Gasteiger partial charge in [-0.3, -0.25) is 9.59 Å². The number of nitrogens with one attached hydrogen (secondary N) is 1. The molecule has 23 heavy (non-hydrogen) atoms. The standard InChI is InChI=1S/C12H20F2N2O7/c1-4(18)16-7-9(20)8(19)6(3-17)23-10(7)12(13,14)2-5(15)11(21)22/h5-10,17,19-20H,2-3,15H2,1H3,(H,16,18)(H,21,22)/t5?,6-,7-,8+,9-,10+/m1/s1. The molecule has 0 aliphatic carbocycles. The second-order valence-electron chi connectivity index (χ2n) is 5.40. The van der Waals surface area contributed by atoms with Crippen molar-refractivity contribution in [3.8, 4) is 0 Å². The summed E-state index contributed by atoms with van der Waals surface area (Å²) in [6.07, 6.45) is -8.57. The topological polar surface area (TPSA) is 162 Å². The van der Waals surface area contributed by atoms with Gasteiger partial charge in [0.15, 0.2) is 0 Å². The van der Waals surface area contributed by atoms with Crippen molar-refractivity contribution in [1.82, 2.24) is 5.32 Å². The number of carboxylic acids is 1. The molecule has 0 spiro atoms. The van der Waals surface area contributed by atoms with Crippen molar-refractivity contribution in [3.05, 3.63) is 0 Å². The molecule has 0 radical (unpaired) electrons. The fraction of sp³-hybridized carbons (Fsp3) is 0.833. The second kappa shape index (κ2) is 7.45. The van der Waals surface area contributed by atoms with E-state index in [-0.39, 0.29) is 0 Å². The number of hydrogen-bond donors (Lipinski definition) is 6. The Labute approximate surface area is 130 Å². The van der Waals surface area contributed by atoms with E-state index in [1.165, 1.54) is 0 Å². The van der Waals surface area contributed by atoms with Crippen molar-refractivity contribution in [2.45, 2.75) is 55.8 Å². The van der Waals surface area contributed by atoms with Crippen LogP contribution in [0.1, 0.15) is 13.3 Å². The van der Waals surface area contributed by atoms with Crippen LogP contribution in [0.2, 0.25) is 0 Å². The molecule has 1 aliphatic heterocycles. The number of carbonyl (C=O) groups is 2. The molecule has 1 aliphatic rings. The maximum atomic E-state index is 14.3. The third-order valence-corrected chi connectivity index (χ3v) is 3.52. The lowest BCUT2D eigenvalue weighted by atomic mass is 9.87. The average Bonchev–Trinajstić information content (AvgIpc) is 2.43. The SMILES string of the molecule is CC(=O)N[C@@H]1[C@@H](O)[C@@H](O)[C@@H](CO)O[C@@H]1C(F)(F)CC(N)C(=O)O. The molecule has 6 atom stereocenters. The molecule has 7 N–H and O–H groups in total. The lowest BCUT2D eigenvalue weighted by Gasteiger charge is -2.45. The molecule has 0 aromatic carbocycles. The normalized spacial score (nSPS) is 33.1. The number of amides is 1. The van der Waals surface area contributed by atoms with E-state index in [0.717, 1.165) is 6.92 Å². The highest BCUT2D eigenvalue weighted by atomic mass is 19.3. The van der Waals surface area contributed by atoms with Gasteiger partial charge in [0.05, 0.1) is 12.6 Å². The van der Waals surface area contributed by atoms with Crippen LogP contribution in [0.5, 0.6) is 0 Å². The highest BCUT2D eigenvalue weighted by Crippen LogP contribution is 2.35. The minimum absolute atomic E-state index is 0.768. The van der Waals surface area contributed by atoms with Crippen LogP contribution in [-0.2, 0) is 14.3 Å². The Bertz CT molecular complexity index is 451. The minimum atomic E-state index is -3.85. The van der Waals surface area contributed by atoms with Crippen molar-refractivity contribution in [2.24, 2.45) is 5.73 Å². The summed E-state index contributed by atoms with van der Waals surface area (Å²) < 4.78 is 33.6. The first-order valence-electron chi connectivity index (χ1n) is 6.77. The first-order valence-corrected chi connectivity index (χ1v) is 6.77. The van der Waals surface area contributed by atoms with Gasteiger partial charge in [0.2, 0.25) is 5.91 Å². The number of aliphatic hydroxyl groups excluding tert-OH is 3. The Morgan fingerprint density at radius 1 is 1.35 bits per heavy atom. The smallest absolute Gasteiger partial charge is 0.320 e. The summed E-state index contributed by atoms with van der Waals surface area (Å²) in [6.45, 7) is 0.151. The van der Waals surface area contributed by atoms with Gasteiger partial charge < -0.3 is 36.2 Å². The summed E-state index contributed by atoms with van der Waals surface area (Å²) >= 11 is 0. The van der Waals surface area contributed by atoms with Crippen LogP contribution in [0.15, 0.2) is 0 Å². The fourth-order valence-corrected chi connectivity index (χ4v) is 2.37. The van der Waals surface area contributed by atoms with Gasteiger partial charge in [-0.1, -0.05) is 0 Å². The maximum absolute atomic E-state index is 14.3. The molecule has 1 unspecified atom stereocenters. The van der Waals surface area contributed by atoms with Crippen LogP contribution in [-0.4, -0.2) is 81.3 Å². The number of alkyl halides is 2. The van der Waals surface area contributed by atoms with Gasteiger partial charge in [-0.25, -0.2) is 8.78 Å². The zero-order valence-electron chi connectivity index (χ0n) is 12.2. The molecule has 1 rings (SSSR count). The number of rotatable bonds is 6. The molecular formula is C12H20F2N2O7. The summed E-state index contributed by atoms with van der Waals surface area (Å²) in [5.74, 6) is -6.27. The fourth-order valence-electron chi connectivity index (χ4n) is 2.37. The van der Waals surface area contributed by atoms with Crippen LogP contribution in [0.25, 0.3) is 0 Å². The summed E-state index contributed by atoms with van der Waals surface area (Å²) in [4.78, 5) is 21.8. The number of hydrogen-bond acceptors (Lipinski definition) is 7. The molecule has 0 aromatic rings. The largest absolute Gasteiger partial charge is 0.480 e. The number of carboxylic acid groups (broad SMARTS) is 1. The van der Waals surface area contributed by atoms with E-state index in [9.17, 15) is 28.6 Å². The summed E-state index contributed by atoms with van der Waals surface area (Å²) in [6, 6.07) is -3.61. The third-order valence-electron chi connectivity index (χ3n) is 3.52. The average molecular weight is 342 g/mol. The first kappa shape index (κ1) is 19.6. The number of halogens is 2. The van der Waals surface area contributed by atoms with E-state index < -0.39 is 67.3 Å². The molecule has 1 saturated heterocycles. The van der Waals surface area contributed by atoms with Crippen LogP contribution in [0, 0.1) is 0 Å². The molecule has 0 aromatic heterocycles. The second-order valence-corrected chi connectivity index (χ2v) is 5.40. The lowest BCUT2D eigenvalue weighted by molar-refractivity contribution is -0.253. The van der Waals surface area contributed by atoms with Gasteiger partial charge >= 0.3 is 5.97 Å². The number of aliphatic carboxylic acids is 1. The van der Waals surface area contributed by atoms with Crippen LogP contribution in [0.4, 0.5) is 8.78 Å². The Hall–Kier alpha value is -1.40. The molecule has 134 valence electrons. The molecule has 1 amide bonds.